The number of ether oxygens (including phenoxy) is 1. The van der Waals surface area contributed by atoms with E-state index in [0.29, 0.717) is 6.42 Å². The van der Waals surface area contributed by atoms with Crippen LogP contribution in [0.4, 0.5) is 0 Å². The zero-order valence-corrected chi connectivity index (χ0v) is 15.9. The molecular formula is C20H39NO3. The average molecular weight is 342 g/mol. The summed E-state index contributed by atoms with van der Waals surface area (Å²) in [5.41, 5.74) is 1.90. The van der Waals surface area contributed by atoms with Crippen LogP contribution in [0.2, 0.25) is 0 Å². The maximum Gasteiger partial charge on any atom is 0.307 e. The van der Waals surface area contributed by atoms with Gasteiger partial charge in [-0.2, -0.15) is 5.48 Å². The lowest BCUT2D eigenvalue weighted by Gasteiger charge is -2.10. The van der Waals surface area contributed by atoms with Crippen LogP contribution in [-0.2, 0) is 9.53 Å². The molecule has 0 aliphatic rings. The summed E-state index contributed by atoms with van der Waals surface area (Å²) in [4.78, 5) is 11.4. The molecule has 0 aromatic heterocycles. The first-order valence-corrected chi connectivity index (χ1v) is 9.94. The first kappa shape index (κ1) is 23.1. The Hall–Kier alpha value is -0.870. The van der Waals surface area contributed by atoms with Crippen molar-refractivity contribution < 1.29 is 14.7 Å². The highest BCUT2D eigenvalue weighted by atomic mass is 16.6. The van der Waals surface area contributed by atoms with Gasteiger partial charge in [-0.3, -0.25) is 4.79 Å². The summed E-state index contributed by atoms with van der Waals surface area (Å²) >= 11 is 0. The molecular weight excluding hydrogens is 302 g/mol. The molecule has 0 saturated heterocycles. The standard InChI is InChI=1S/C20H39NO3/c1-3-4-5-6-7-8-9-10-11-12-13-14-15-16-17-18-20(22)24-19(2)21-23/h10-11,19,21,23H,3-9,12-18H2,1-2H3. The van der Waals surface area contributed by atoms with Gasteiger partial charge in [-0.05, 0) is 39.0 Å². The predicted octanol–water partition coefficient (Wildman–Crippen LogP) is 5.89. The molecule has 0 aliphatic heterocycles. The molecule has 0 fully saturated rings. The van der Waals surface area contributed by atoms with Gasteiger partial charge in [0.2, 0.25) is 0 Å². The van der Waals surface area contributed by atoms with Crippen LogP contribution in [0.5, 0.6) is 0 Å². The van der Waals surface area contributed by atoms with Crippen LogP contribution in [-0.4, -0.2) is 17.4 Å². The topological polar surface area (TPSA) is 58.6 Å². The molecule has 0 radical (unpaired) electrons. The average Bonchev–Trinajstić information content (AvgIpc) is 2.58. The highest BCUT2D eigenvalue weighted by Gasteiger charge is 2.06. The molecule has 4 heteroatoms. The zero-order valence-electron chi connectivity index (χ0n) is 15.9. The van der Waals surface area contributed by atoms with Crippen molar-refractivity contribution in [2.24, 2.45) is 0 Å². The van der Waals surface area contributed by atoms with Crippen LogP contribution in [0, 0.1) is 0 Å². The summed E-state index contributed by atoms with van der Waals surface area (Å²) < 4.78 is 4.91. The number of nitrogens with one attached hydrogen (secondary N) is 1. The fourth-order valence-corrected chi connectivity index (χ4v) is 2.62. The number of hydrogen-bond acceptors (Lipinski definition) is 4. The lowest BCUT2D eigenvalue weighted by molar-refractivity contribution is -0.155. The molecule has 0 saturated carbocycles. The molecule has 0 heterocycles. The van der Waals surface area contributed by atoms with E-state index in [1.807, 2.05) is 5.48 Å². The SMILES string of the molecule is CCCCCCCCC=CCCCCCCCC(=O)OC(C)NO. The summed E-state index contributed by atoms with van der Waals surface area (Å²) in [5.74, 6) is -0.248. The van der Waals surface area contributed by atoms with Crippen molar-refractivity contribution in [3.8, 4) is 0 Å². The Labute approximate surface area is 149 Å². The van der Waals surface area contributed by atoms with Gasteiger partial charge in [-0.1, -0.05) is 70.4 Å². The van der Waals surface area contributed by atoms with E-state index in [9.17, 15) is 4.79 Å². The molecule has 0 spiro atoms. The third-order valence-corrected chi connectivity index (χ3v) is 4.13. The van der Waals surface area contributed by atoms with Gasteiger partial charge in [0.1, 0.15) is 0 Å². The third kappa shape index (κ3) is 17.5. The summed E-state index contributed by atoms with van der Waals surface area (Å²) in [6.45, 7) is 3.85. The summed E-state index contributed by atoms with van der Waals surface area (Å²) in [5, 5.41) is 8.55. The van der Waals surface area contributed by atoms with Crippen LogP contribution in [0.15, 0.2) is 12.2 Å². The lowest BCUT2D eigenvalue weighted by atomic mass is 10.1. The molecule has 0 aliphatic carbocycles. The highest BCUT2D eigenvalue weighted by Crippen LogP contribution is 2.10. The fourth-order valence-electron chi connectivity index (χ4n) is 2.62. The van der Waals surface area contributed by atoms with Crippen LogP contribution in [0.1, 0.15) is 104 Å². The van der Waals surface area contributed by atoms with E-state index in [2.05, 4.69) is 19.1 Å². The third-order valence-electron chi connectivity index (χ3n) is 4.13. The van der Waals surface area contributed by atoms with E-state index in [1.54, 1.807) is 6.92 Å². The highest BCUT2D eigenvalue weighted by molar-refractivity contribution is 5.69. The molecule has 1 atom stereocenters. The quantitative estimate of drug-likeness (QED) is 0.114. The normalized spacial score (nSPS) is 12.6. The van der Waals surface area contributed by atoms with Crippen molar-refractivity contribution in [2.45, 2.75) is 110 Å². The van der Waals surface area contributed by atoms with Crippen LogP contribution < -0.4 is 5.48 Å². The number of allylic oxidation sites excluding steroid dienone is 2. The molecule has 0 aromatic carbocycles. The van der Waals surface area contributed by atoms with Gasteiger partial charge < -0.3 is 9.94 Å². The molecule has 0 amide bonds. The van der Waals surface area contributed by atoms with E-state index in [4.69, 9.17) is 9.94 Å². The molecule has 2 N–H and O–H groups in total. The first-order chi connectivity index (χ1) is 11.7. The van der Waals surface area contributed by atoms with Crippen LogP contribution >= 0.6 is 0 Å². The first-order valence-electron chi connectivity index (χ1n) is 9.94. The second kappa shape index (κ2) is 18.5. The molecule has 4 nitrogen and oxygen atoms in total. The van der Waals surface area contributed by atoms with Gasteiger partial charge in [0, 0.05) is 6.42 Å². The van der Waals surface area contributed by atoms with Crippen molar-refractivity contribution in [2.75, 3.05) is 0 Å². The second-order valence-corrected chi connectivity index (χ2v) is 6.60. The smallest absolute Gasteiger partial charge is 0.307 e. The zero-order chi connectivity index (χ0) is 17.9. The monoisotopic (exact) mass is 341 g/mol. The Morgan fingerprint density at radius 3 is 1.96 bits per heavy atom. The minimum atomic E-state index is -0.624. The number of carbonyl (C=O) groups is 1. The fraction of sp³-hybridized carbons (Fsp3) is 0.850. The molecule has 142 valence electrons. The van der Waals surface area contributed by atoms with Crippen LogP contribution in [0.3, 0.4) is 0 Å². The number of esters is 1. The summed E-state index contributed by atoms with van der Waals surface area (Å²) in [6, 6.07) is 0. The minimum Gasteiger partial charge on any atom is -0.445 e. The van der Waals surface area contributed by atoms with E-state index in [0.717, 1.165) is 12.8 Å². The van der Waals surface area contributed by atoms with Crippen molar-refractivity contribution in [3.05, 3.63) is 12.2 Å². The number of carbonyl (C=O) groups excluding carboxylic acids is 1. The van der Waals surface area contributed by atoms with Gasteiger partial charge in [-0.25, -0.2) is 0 Å². The van der Waals surface area contributed by atoms with E-state index in [-0.39, 0.29) is 5.97 Å². The molecule has 1 unspecified atom stereocenters. The van der Waals surface area contributed by atoms with Crippen LogP contribution in [0.25, 0.3) is 0 Å². The van der Waals surface area contributed by atoms with Gasteiger partial charge >= 0.3 is 5.97 Å². The Morgan fingerprint density at radius 2 is 1.42 bits per heavy atom. The Kier molecular flexibility index (Phi) is 17.8. The van der Waals surface area contributed by atoms with Crippen molar-refractivity contribution in [1.82, 2.24) is 5.48 Å². The summed E-state index contributed by atoms with van der Waals surface area (Å²) in [7, 11) is 0. The Bertz CT molecular complexity index is 305. The Morgan fingerprint density at radius 1 is 0.917 bits per heavy atom. The predicted molar refractivity (Wildman–Crippen MR) is 99.9 cm³/mol. The summed E-state index contributed by atoms with van der Waals surface area (Å²) in [6.07, 6.45) is 20.7. The van der Waals surface area contributed by atoms with Crippen molar-refractivity contribution in [1.29, 1.82) is 0 Å². The molecule has 24 heavy (non-hydrogen) atoms. The lowest BCUT2D eigenvalue weighted by Crippen LogP contribution is -2.27. The van der Waals surface area contributed by atoms with Crippen molar-refractivity contribution >= 4 is 5.97 Å². The second-order valence-electron chi connectivity index (χ2n) is 6.60. The number of rotatable bonds is 17. The molecule has 0 aromatic rings. The Balaban J connectivity index is 3.22. The van der Waals surface area contributed by atoms with E-state index >= 15 is 0 Å². The maximum atomic E-state index is 11.4. The van der Waals surface area contributed by atoms with E-state index < -0.39 is 6.23 Å². The number of unbranched alkanes of at least 4 members (excludes halogenated alkanes) is 11. The van der Waals surface area contributed by atoms with Crippen molar-refractivity contribution in [3.63, 3.8) is 0 Å². The molecule has 0 rings (SSSR count). The minimum absolute atomic E-state index is 0.248. The number of hydrogen-bond donors (Lipinski definition) is 2. The van der Waals surface area contributed by atoms with Gasteiger partial charge in [0.25, 0.3) is 0 Å². The van der Waals surface area contributed by atoms with E-state index in [1.165, 1.54) is 70.6 Å². The van der Waals surface area contributed by atoms with Gasteiger partial charge in [0.15, 0.2) is 6.23 Å². The molecule has 0 bridgehead atoms. The van der Waals surface area contributed by atoms with Gasteiger partial charge in [-0.15, -0.1) is 0 Å². The number of hydroxylamine groups is 1. The van der Waals surface area contributed by atoms with Gasteiger partial charge in [0.05, 0.1) is 0 Å². The largest absolute Gasteiger partial charge is 0.445 e. The maximum absolute atomic E-state index is 11.4.